The molecule has 0 unspecified atom stereocenters. The maximum atomic E-state index is 13.1. The summed E-state index contributed by atoms with van der Waals surface area (Å²) < 4.78 is 13.1. The second-order valence-corrected chi connectivity index (χ2v) is 3.90. The van der Waals surface area contributed by atoms with Crippen molar-refractivity contribution in [1.29, 1.82) is 0 Å². The number of aryl methyl sites for hydroxylation is 1. The van der Waals surface area contributed by atoms with Crippen LogP contribution in [-0.2, 0) is 0 Å². The van der Waals surface area contributed by atoms with E-state index in [0.29, 0.717) is 16.7 Å². The predicted molar refractivity (Wildman–Crippen MR) is 64.2 cm³/mol. The molecule has 0 amide bonds. The molecule has 0 fully saturated rings. The number of rotatable bonds is 2. The number of carboxylic acids is 1. The van der Waals surface area contributed by atoms with Crippen LogP contribution < -0.4 is 5.56 Å². The van der Waals surface area contributed by atoms with Crippen molar-refractivity contribution >= 4 is 5.97 Å². The number of pyridine rings is 1. The van der Waals surface area contributed by atoms with E-state index in [1.165, 1.54) is 24.4 Å². The van der Waals surface area contributed by atoms with Gasteiger partial charge in [0.05, 0.1) is 0 Å². The van der Waals surface area contributed by atoms with Crippen LogP contribution in [0, 0.1) is 12.7 Å². The maximum absolute atomic E-state index is 13.1. The van der Waals surface area contributed by atoms with Crippen LogP contribution >= 0.6 is 0 Å². The van der Waals surface area contributed by atoms with E-state index in [-0.39, 0.29) is 11.4 Å². The number of nitrogens with one attached hydrogen (secondary N) is 1. The van der Waals surface area contributed by atoms with Gasteiger partial charge in [0, 0.05) is 6.20 Å². The molecule has 1 aromatic carbocycles. The maximum Gasteiger partial charge on any atom is 0.341 e. The van der Waals surface area contributed by atoms with Gasteiger partial charge in [-0.1, -0.05) is 6.07 Å². The van der Waals surface area contributed by atoms with E-state index in [9.17, 15) is 14.0 Å². The van der Waals surface area contributed by atoms with Gasteiger partial charge in [-0.25, -0.2) is 9.18 Å². The molecule has 92 valence electrons. The molecular formula is C13H10FNO3. The molecule has 2 rings (SSSR count). The second kappa shape index (κ2) is 4.44. The minimum absolute atomic E-state index is 0.332. The van der Waals surface area contributed by atoms with Gasteiger partial charge in [0.15, 0.2) is 0 Å². The molecule has 1 heterocycles. The first-order valence-corrected chi connectivity index (χ1v) is 5.21. The van der Waals surface area contributed by atoms with Gasteiger partial charge in [-0.05, 0) is 41.8 Å². The van der Waals surface area contributed by atoms with Crippen LogP contribution in [0.4, 0.5) is 4.39 Å². The molecule has 0 saturated heterocycles. The first-order chi connectivity index (χ1) is 8.49. The zero-order valence-corrected chi connectivity index (χ0v) is 9.53. The quantitative estimate of drug-likeness (QED) is 0.854. The van der Waals surface area contributed by atoms with Gasteiger partial charge in [-0.3, -0.25) is 4.79 Å². The Morgan fingerprint density at radius 3 is 2.61 bits per heavy atom. The number of carbonyl (C=O) groups is 1. The van der Waals surface area contributed by atoms with Crippen LogP contribution in [0.25, 0.3) is 11.1 Å². The van der Waals surface area contributed by atoms with Gasteiger partial charge in [0.25, 0.3) is 5.56 Å². The van der Waals surface area contributed by atoms with Gasteiger partial charge in [0.2, 0.25) is 0 Å². The lowest BCUT2D eigenvalue weighted by molar-refractivity contribution is 0.0695. The highest BCUT2D eigenvalue weighted by atomic mass is 19.1. The van der Waals surface area contributed by atoms with Crippen molar-refractivity contribution in [2.24, 2.45) is 0 Å². The molecule has 0 radical (unpaired) electrons. The standard InChI is InChI=1S/C13H10FNO3/c1-7-4-8(2-3-11(7)14)9-5-10(13(17)18)12(16)15-6-9/h2-6H,1H3,(H,15,16)(H,17,18). The van der Waals surface area contributed by atoms with Crippen LogP contribution in [0.3, 0.4) is 0 Å². The molecule has 0 saturated carbocycles. The van der Waals surface area contributed by atoms with Gasteiger partial charge >= 0.3 is 5.97 Å². The third kappa shape index (κ3) is 2.15. The lowest BCUT2D eigenvalue weighted by atomic mass is 10.0. The van der Waals surface area contributed by atoms with Gasteiger partial charge < -0.3 is 10.1 Å². The summed E-state index contributed by atoms with van der Waals surface area (Å²) in [6.45, 7) is 1.61. The molecule has 0 aliphatic heterocycles. The molecule has 0 bridgehead atoms. The molecule has 5 heteroatoms. The summed E-state index contributed by atoms with van der Waals surface area (Å²) in [5, 5.41) is 8.86. The van der Waals surface area contributed by atoms with Gasteiger partial charge in [-0.2, -0.15) is 0 Å². The van der Waals surface area contributed by atoms with Crippen molar-refractivity contribution in [3.63, 3.8) is 0 Å². The number of benzene rings is 1. The third-order valence-electron chi connectivity index (χ3n) is 2.62. The van der Waals surface area contributed by atoms with Crippen molar-refractivity contribution in [3.05, 3.63) is 57.8 Å². The number of hydrogen-bond acceptors (Lipinski definition) is 2. The lowest BCUT2D eigenvalue weighted by Crippen LogP contribution is -2.16. The number of aromatic carboxylic acids is 1. The van der Waals surface area contributed by atoms with E-state index in [1.54, 1.807) is 13.0 Å². The van der Waals surface area contributed by atoms with Crippen molar-refractivity contribution in [2.75, 3.05) is 0 Å². The first-order valence-electron chi connectivity index (χ1n) is 5.21. The number of hydrogen-bond donors (Lipinski definition) is 2. The van der Waals surface area contributed by atoms with Crippen LogP contribution in [0.2, 0.25) is 0 Å². The monoisotopic (exact) mass is 247 g/mol. The molecule has 0 spiro atoms. The minimum Gasteiger partial charge on any atom is -0.477 e. The van der Waals surface area contributed by atoms with E-state index < -0.39 is 11.5 Å². The summed E-state index contributed by atoms with van der Waals surface area (Å²) >= 11 is 0. The summed E-state index contributed by atoms with van der Waals surface area (Å²) in [6, 6.07) is 5.69. The van der Waals surface area contributed by atoms with Crippen molar-refractivity contribution in [1.82, 2.24) is 4.98 Å². The van der Waals surface area contributed by atoms with Crippen LogP contribution in [0.1, 0.15) is 15.9 Å². The van der Waals surface area contributed by atoms with E-state index in [4.69, 9.17) is 5.11 Å². The Kier molecular flexibility index (Phi) is 2.97. The molecular weight excluding hydrogens is 237 g/mol. The highest BCUT2D eigenvalue weighted by Crippen LogP contribution is 2.21. The number of carboxylic acid groups (broad SMARTS) is 1. The van der Waals surface area contributed by atoms with E-state index in [1.807, 2.05) is 0 Å². The zero-order valence-electron chi connectivity index (χ0n) is 9.53. The normalized spacial score (nSPS) is 10.3. The number of aromatic nitrogens is 1. The molecule has 0 aliphatic carbocycles. The fourth-order valence-electron chi connectivity index (χ4n) is 1.63. The number of aromatic amines is 1. The van der Waals surface area contributed by atoms with E-state index in [0.717, 1.165) is 0 Å². The first kappa shape index (κ1) is 12.0. The van der Waals surface area contributed by atoms with Crippen molar-refractivity contribution in [2.45, 2.75) is 6.92 Å². The SMILES string of the molecule is Cc1cc(-c2c[nH]c(=O)c(C(=O)O)c2)ccc1F. The second-order valence-electron chi connectivity index (χ2n) is 3.90. The average Bonchev–Trinajstić information content (AvgIpc) is 2.33. The summed E-state index contributed by atoms with van der Waals surface area (Å²) in [5.41, 5.74) is 0.623. The Labute approximate surface area is 102 Å². The number of H-pyrrole nitrogens is 1. The molecule has 0 atom stereocenters. The van der Waals surface area contributed by atoms with Crippen LogP contribution in [-0.4, -0.2) is 16.1 Å². The Hall–Kier alpha value is -2.43. The van der Waals surface area contributed by atoms with Gasteiger partial charge in [-0.15, -0.1) is 0 Å². The third-order valence-corrected chi connectivity index (χ3v) is 2.62. The highest BCUT2D eigenvalue weighted by Gasteiger charge is 2.10. The minimum atomic E-state index is -1.29. The fourth-order valence-corrected chi connectivity index (χ4v) is 1.63. The smallest absolute Gasteiger partial charge is 0.341 e. The fraction of sp³-hybridized carbons (Fsp3) is 0.0769. The van der Waals surface area contributed by atoms with Crippen molar-refractivity contribution < 1.29 is 14.3 Å². The molecule has 18 heavy (non-hydrogen) atoms. The molecule has 1 aromatic heterocycles. The summed E-state index contributed by atoms with van der Waals surface area (Å²) in [6.07, 6.45) is 1.40. The van der Waals surface area contributed by atoms with E-state index >= 15 is 0 Å². The summed E-state index contributed by atoms with van der Waals surface area (Å²) in [5.74, 6) is -1.63. The van der Waals surface area contributed by atoms with Crippen molar-refractivity contribution in [3.8, 4) is 11.1 Å². The highest BCUT2D eigenvalue weighted by molar-refractivity contribution is 5.88. The van der Waals surface area contributed by atoms with Crippen LogP contribution in [0.15, 0.2) is 35.3 Å². The number of halogens is 1. The molecule has 4 nitrogen and oxygen atoms in total. The summed E-state index contributed by atoms with van der Waals surface area (Å²) in [4.78, 5) is 24.5. The Morgan fingerprint density at radius 1 is 1.28 bits per heavy atom. The molecule has 0 aliphatic rings. The lowest BCUT2D eigenvalue weighted by Gasteiger charge is -2.04. The predicted octanol–water partition coefficient (Wildman–Crippen LogP) is 2.19. The van der Waals surface area contributed by atoms with Crippen LogP contribution in [0.5, 0.6) is 0 Å². The zero-order chi connectivity index (χ0) is 13.3. The topological polar surface area (TPSA) is 70.2 Å². The Bertz CT molecular complexity index is 676. The Morgan fingerprint density at radius 2 is 2.00 bits per heavy atom. The average molecular weight is 247 g/mol. The Balaban J connectivity index is 2.57. The van der Waals surface area contributed by atoms with E-state index in [2.05, 4.69) is 4.98 Å². The molecule has 2 aromatic rings. The summed E-state index contributed by atoms with van der Waals surface area (Å²) in [7, 11) is 0. The molecule has 2 N–H and O–H groups in total. The largest absolute Gasteiger partial charge is 0.477 e. The van der Waals surface area contributed by atoms with Gasteiger partial charge in [0.1, 0.15) is 11.4 Å².